The van der Waals surface area contributed by atoms with Gasteiger partial charge in [0.15, 0.2) is 0 Å². The number of rotatable bonds is 4. The van der Waals surface area contributed by atoms with Crippen LogP contribution in [0.1, 0.15) is 5.56 Å². The molecule has 2 heterocycles. The van der Waals surface area contributed by atoms with Crippen LogP contribution >= 0.6 is 11.6 Å². The van der Waals surface area contributed by atoms with Gasteiger partial charge in [0, 0.05) is 30.4 Å². The normalized spacial score (nSPS) is 14.7. The van der Waals surface area contributed by atoms with Crippen LogP contribution in [0.15, 0.2) is 24.4 Å². The van der Waals surface area contributed by atoms with Gasteiger partial charge in [-0.25, -0.2) is 4.98 Å². The first-order chi connectivity index (χ1) is 11.2. The van der Waals surface area contributed by atoms with Crippen LogP contribution in [0.5, 0.6) is 5.75 Å². The molecule has 0 aliphatic carbocycles. The molecule has 1 aliphatic rings. The van der Waals surface area contributed by atoms with Crippen molar-refractivity contribution in [2.24, 2.45) is 0 Å². The lowest BCUT2D eigenvalue weighted by molar-refractivity contribution is 0.122. The Labute approximate surface area is 140 Å². The van der Waals surface area contributed by atoms with E-state index in [9.17, 15) is 0 Å². The van der Waals surface area contributed by atoms with Gasteiger partial charge in [-0.05, 0) is 24.6 Å². The molecule has 1 N–H and O–H groups in total. The van der Waals surface area contributed by atoms with Crippen LogP contribution in [-0.4, -0.2) is 43.4 Å². The van der Waals surface area contributed by atoms with E-state index in [1.165, 1.54) is 0 Å². The highest BCUT2D eigenvalue weighted by Crippen LogP contribution is 2.32. The number of aromatic nitrogens is 2. The number of nitrogens with one attached hydrogen (secondary N) is 1. The molecule has 0 amide bonds. The van der Waals surface area contributed by atoms with E-state index in [1.807, 2.05) is 19.1 Å². The van der Waals surface area contributed by atoms with E-state index in [0.717, 1.165) is 24.3 Å². The number of morpholine rings is 1. The fourth-order valence-corrected chi connectivity index (χ4v) is 2.56. The summed E-state index contributed by atoms with van der Waals surface area (Å²) in [5, 5.41) is 3.95. The number of nitrogens with zero attached hydrogens (tertiary/aromatic N) is 3. The smallest absolute Gasteiger partial charge is 0.227 e. The largest absolute Gasteiger partial charge is 0.495 e. The van der Waals surface area contributed by atoms with Gasteiger partial charge in [0.25, 0.3) is 0 Å². The molecule has 1 aliphatic heterocycles. The number of hydrogen-bond donors (Lipinski definition) is 1. The summed E-state index contributed by atoms with van der Waals surface area (Å²) in [4.78, 5) is 11.0. The van der Waals surface area contributed by atoms with E-state index in [2.05, 4.69) is 20.2 Å². The molecular formula is C16H19ClN4O2. The highest BCUT2D eigenvalue weighted by atomic mass is 35.5. The van der Waals surface area contributed by atoms with Gasteiger partial charge < -0.3 is 19.7 Å². The molecule has 0 saturated carbocycles. The molecule has 1 aromatic carbocycles. The van der Waals surface area contributed by atoms with Gasteiger partial charge >= 0.3 is 0 Å². The summed E-state index contributed by atoms with van der Waals surface area (Å²) in [5.41, 5.74) is 1.79. The lowest BCUT2D eigenvalue weighted by Crippen LogP contribution is -2.37. The minimum atomic E-state index is 0.670. The third-order valence-electron chi connectivity index (χ3n) is 3.68. The van der Waals surface area contributed by atoms with E-state index in [1.54, 1.807) is 19.4 Å². The zero-order valence-corrected chi connectivity index (χ0v) is 13.9. The third-order valence-corrected chi connectivity index (χ3v) is 4.09. The van der Waals surface area contributed by atoms with E-state index < -0.39 is 0 Å². The first kappa shape index (κ1) is 15.8. The topological polar surface area (TPSA) is 59.5 Å². The second-order valence-corrected chi connectivity index (χ2v) is 5.68. The summed E-state index contributed by atoms with van der Waals surface area (Å²) in [6, 6.07) is 5.56. The molecule has 3 rings (SSSR count). The molecule has 0 bridgehead atoms. The lowest BCUT2D eigenvalue weighted by atomic mass is 10.2. The standard InChI is InChI=1S/C16H19ClN4O2/c1-11-9-13(14(22-2)10-12(11)17)19-15-3-4-18-16(20-15)21-5-7-23-8-6-21/h3-4,9-10H,5-8H2,1-2H3,(H,18,19,20). The second-order valence-electron chi connectivity index (χ2n) is 5.27. The fourth-order valence-electron chi connectivity index (χ4n) is 2.40. The molecule has 23 heavy (non-hydrogen) atoms. The second kappa shape index (κ2) is 7.02. The van der Waals surface area contributed by atoms with Gasteiger partial charge in [-0.3, -0.25) is 0 Å². The summed E-state index contributed by atoms with van der Waals surface area (Å²) in [7, 11) is 1.62. The van der Waals surface area contributed by atoms with Crippen molar-refractivity contribution in [1.82, 2.24) is 9.97 Å². The molecule has 0 unspecified atom stereocenters. The van der Waals surface area contributed by atoms with Crippen LogP contribution in [0.2, 0.25) is 5.02 Å². The Morgan fingerprint density at radius 2 is 2.09 bits per heavy atom. The highest BCUT2D eigenvalue weighted by Gasteiger charge is 2.14. The number of halogens is 1. The van der Waals surface area contributed by atoms with Crippen molar-refractivity contribution >= 4 is 29.1 Å². The molecule has 6 nitrogen and oxygen atoms in total. The van der Waals surface area contributed by atoms with Crippen LogP contribution in [-0.2, 0) is 4.74 Å². The van der Waals surface area contributed by atoms with Crippen molar-refractivity contribution in [1.29, 1.82) is 0 Å². The minimum Gasteiger partial charge on any atom is -0.495 e. The predicted molar refractivity (Wildman–Crippen MR) is 91.1 cm³/mol. The zero-order valence-electron chi connectivity index (χ0n) is 13.2. The molecule has 1 saturated heterocycles. The monoisotopic (exact) mass is 334 g/mol. The number of ether oxygens (including phenoxy) is 2. The average Bonchev–Trinajstić information content (AvgIpc) is 2.59. The number of aryl methyl sites for hydroxylation is 1. The van der Waals surface area contributed by atoms with Crippen LogP contribution in [0.3, 0.4) is 0 Å². The number of anilines is 3. The average molecular weight is 335 g/mol. The van der Waals surface area contributed by atoms with Crippen LogP contribution < -0.4 is 15.0 Å². The van der Waals surface area contributed by atoms with Gasteiger partial charge in [0.05, 0.1) is 26.0 Å². The number of hydrogen-bond acceptors (Lipinski definition) is 6. The first-order valence-corrected chi connectivity index (χ1v) is 7.82. The van der Waals surface area contributed by atoms with Crippen molar-refractivity contribution in [3.8, 4) is 5.75 Å². The summed E-state index contributed by atoms with van der Waals surface area (Å²) in [5.74, 6) is 2.08. The number of methoxy groups -OCH3 is 1. The van der Waals surface area contributed by atoms with Gasteiger partial charge in [-0.1, -0.05) is 11.6 Å². The van der Waals surface area contributed by atoms with Crippen LogP contribution in [0.4, 0.5) is 17.5 Å². The van der Waals surface area contributed by atoms with Crippen LogP contribution in [0, 0.1) is 6.92 Å². The van der Waals surface area contributed by atoms with Gasteiger partial charge in [-0.15, -0.1) is 0 Å². The van der Waals surface area contributed by atoms with Crippen molar-refractivity contribution < 1.29 is 9.47 Å². The summed E-state index contributed by atoms with van der Waals surface area (Å²) >= 11 is 6.14. The van der Waals surface area contributed by atoms with Gasteiger partial charge in [0.1, 0.15) is 11.6 Å². The maximum absolute atomic E-state index is 6.14. The van der Waals surface area contributed by atoms with E-state index in [-0.39, 0.29) is 0 Å². The third kappa shape index (κ3) is 3.65. The van der Waals surface area contributed by atoms with Crippen LogP contribution in [0.25, 0.3) is 0 Å². The Bertz CT molecular complexity index is 690. The molecular weight excluding hydrogens is 316 g/mol. The highest BCUT2D eigenvalue weighted by molar-refractivity contribution is 6.31. The van der Waals surface area contributed by atoms with Crippen molar-refractivity contribution in [3.63, 3.8) is 0 Å². The zero-order chi connectivity index (χ0) is 16.2. The molecule has 1 fully saturated rings. The summed E-state index contributed by atoms with van der Waals surface area (Å²) in [6.07, 6.45) is 1.75. The predicted octanol–water partition coefficient (Wildman–Crippen LogP) is 3.03. The molecule has 0 atom stereocenters. The minimum absolute atomic E-state index is 0.670. The van der Waals surface area contributed by atoms with Gasteiger partial charge in [-0.2, -0.15) is 4.98 Å². The summed E-state index contributed by atoms with van der Waals surface area (Å²) in [6.45, 7) is 4.95. The maximum Gasteiger partial charge on any atom is 0.227 e. The Hall–Kier alpha value is -2.05. The van der Waals surface area contributed by atoms with E-state index in [4.69, 9.17) is 21.1 Å². The molecule has 2 aromatic rings. The van der Waals surface area contributed by atoms with Crippen molar-refractivity contribution in [2.45, 2.75) is 6.92 Å². The van der Waals surface area contributed by atoms with E-state index in [0.29, 0.717) is 35.8 Å². The Balaban J connectivity index is 1.84. The Morgan fingerprint density at radius 3 is 2.83 bits per heavy atom. The Morgan fingerprint density at radius 1 is 1.30 bits per heavy atom. The maximum atomic E-state index is 6.14. The molecule has 7 heteroatoms. The van der Waals surface area contributed by atoms with E-state index >= 15 is 0 Å². The van der Waals surface area contributed by atoms with Crippen molar-refractivity contribution in [3.05, 3.63) is 35.0 Å². The molecule has 0 spiro atoms. The Kier molecular flexibility index (Phi) is 4.83. The first-order valence-electron chi connectivity index (χ1n) is 7.44. The lowest BCUT2D eigenvalue weighted by Gasteiger charge is -2.26. The number of benzene rings is 1. The molecule has 0 radical (unpaired) electrons. The van der Waals surface area contributed by atoms with Crippen molar-refractivity contribution in [2.75, 3.05) is 43.6 Å². The fraction of sp³-hybridized carbons (Fsp3) is 0.375. The SMILES string of the molecule is COc1cc(Cl)c(C)cc1Nc1ccnc(N2CCOCC2)n1. The van der Waals surface area contributed by atoms with Gasteiger partial charge in [0.2, 0.25) is 5.95 Å². The quantitative estimate of drug-likeness (QED) is 0.927. The molecule has 1 aromatic heterocycles. The molecule has 122 valence electrons. The summed E-state index contributed by atoms with van der Waals surface area (Å²) < 4.78 is 10.7.